The summed E-state index contributed by atoms with van der Waals surface area (Å²) in [6.07, 6.45) is 4.42. The fourth-order valence-corrected chi connectivity index (χ4v) is 3.52. The van der Waals surface area contributed by atoms with Gasteiger partial charge in [0.15, 0.2) is 11.5 Å². The summed E-state index contributed by atoms with van der Waals surface area (Å²) >= 11 is 1.57. The van der Waals surface area contributed by atoms with Crippen LogP contribution in [0.25, 0.3) is 21.7 Å². The average Bonchev–Trinajstić information content (AvgIpc) is 3.27. The Labute approximate surface area is 153 Å². The zero-order valence-corrected chi connectivity index (χ0v) is 14.9. The van der Waals surface area contributed by atoms with Gasteiger partial charge in [0, 0.05) is 36.7 Å². The lowest BCUT2D eigenvalue weighted by Gasteiger charge is -2.04. The number of fused-ring (bicyclic) bond motifs is 1. The van der Waals surface area contributed by atoms with Crippen molar-refractivity contribution in [2.75, 3.05) is 5.32 Å². The Bertz CT molecular complexity index is 1060. The molecule has 0 saturated heterocycles. The minimum absolute atomic E-state index is 0.0787. The first kappa shape index (κ1) is 16.4. The van der Waals surface area contributed by atoms with Crippen LogP contribution in [0.2, 0.25) is 0 Å². The molecule has 26 heavy (non-hydrogen) atoms. The van der Waals surface area contributed by atoms with Crippen LogP contribution in [0, 0.1) is 6.92 Å². The van der Waals surface area contributed by atoms with E-state index >= 15 is 0 Å². The fraction of sp³-hybridized carbons (Fsp3) is 0.158. The molecule has 3 heterocycles. The molecule has 7 heteroatoms. The van der Waals surface area contributed by atoms with E-state index in [9.17, 15) is 4.79 Å². The molecule has 6 nitrogen and oxygen atoms in total. The number of nitrogens with zero attached hydrogens (tertiary/aromatic N) is 3. The number of benzene rings is 1. The van der Waals surface area contributed by atoms with E-state index in [-0.39, 0.29) is 5.91 Å². The van der Waals surface area contributed by atoms with Gasteiger partial charge in [-0.25, -0.2) is 9.97 Å². The number of hydrogen-bond acceptors (Lipinski definition) is 6. The van der Waals surface area contributed by atoms with Crippen LogP contribution in [0.5, 0.6) is 0 Å². The summed E-state index contributed by atoms with van der Waals surface area (Å²) in [5.74, 6) is 0.498. The lowest BCUT2D eigenvalue weighted by atomic mass is 10.2. The number of anilines is 1. The van der Waals surface area contributed by atoms with Crippen molar-refractivity contribution in [2.45, 2.75) is 19.8 Å². The summed E-state index contributed by atoms with van der Waals surface area (Å²) in [5, 5.41) is 5.83. The molecule has 0 radical (unpaired) electrons. The Kier molecular flexibility index (Phi) is 4.45. The Morgan fingerprint density at radius 1 is 1.19 bits per heavy atom. The Morgan fingerprint density at radius 3 is 2.88 bits per heavy atom. The van der Waals surface area contributed by atoms with Gasteiger partial charge in [0.05, 0.1) is 11.4 Å². The zero-order chi connectivity index (χ0) is 17.9. The summed E-state index contributed by atoms with van der Waals surface area (Å²) in [6, 6.07) is 9.37. The minimum Gasteiger partial charge on any atom is -0.439 e. The molecule has 1 N–H and O–H groups in total. The number of hydrogen-bond donors (Lipinski definition) is 1. The summed E-state index contributed by atoms with van der Waals surface area (Å²) in [7, 11) is 0. The molecule has 1 amide bonds. The number of amides is 1. The van der Waals surface area contributed by atoms with Crippen LogP contribution in [0.1, 0.15) is 18.0 Å². The van der Waals surface area contributed by atoms with Gasteiger partial charge in [-0.3, -0.25) is 9.78 Å². The first-order valence-electron chi connectivity index (χ1n) is 8.20. The monoisotopic (exact) mass is 364 g/mol. The third kappa shape index (κ3) is 3.48. The predicted molar refractivity (Wildman–Crippen MR) is 101 cm³/mol. The second-order valence-electron chi connectivity index (χ2n) is 5.81. The van der Waals surface area contributed by atoms with E-state index < -0.39 is 0 Å². The van der Waals surface area contributed by atoms with Crippen LogP contribution >= 0.6 is 11.3 Å². The largest absolute Gasteiger partial charge is 0.439 e. The molecule has 0 fully saturated rings. The number of nitrogens with one attached hydrogen (secondary N) is 1. The zero-order valence-electron chi connectivity index (χ0n) is 14.1. The van der Waals surface area contributed by atoms with Gasteiger partial charge in [-0.05, 0) is 30.7 Å². The molecule has 0 bridgehead atoms. The number of carbonyl (C=O) groups excluding carboxylic acids is 1. The van der Waals surface area contributed by atoms with Gasteiger partial charge in [0.2, 0.25) is 5.91 Å². The lowest BCUT2D eigenvalue weighted by molar-refractivity contribution is -0.116. The molecular weight excluding hydrogens is 348 g/mol. The molecule has 1 aromatic carbocycles. The number of oxazole rings is 1. The van der Waals surface area contributed by atoms with Gasteiger partial charge in [-0.1, -0.05) is 6.07 Å². The molecule has 0 aliphatic heterocycles. The van der Waals surface area contributed by atoms with Crippen LogP contribution in [-0.4, -0.2) is 20.9 Å². The maximum atomic E-state index is 12.3. The number of aromatic nitrogens is 3. The smallest absolute Gasteiger partial charge is 0.224 e. The van der Waals surface area contributed by atoms with Crippen molar-refractivity contribution in [2.24, 2.45) is 0 Å². The normalized spacial score (nSPS) is 11.0. The molecular formula is C19H16N4O2S. The van der Waals surface area contributed by atoms with E-state index in [0.29, 0.717) is 30.0 Å². The maximum Gasteiger partial charge on any atom is 0.224 e. The number of carbonyl (C=O) groups is 1. The van der Waals surface area contributed by atoms with E-state index in [1.165, 1.54) is 0 Å². The van der Waals surface area contributed by atoms with E-state index in [0.717, 1.165) is 21.8 Å². The minimum atomic E-state index is -0.0787. The molecule has 4 aromatic rings. The standard InChI is InChI=1S/C19H16N4O2S/c1-12-21-15-3-2-4-16(18(15)25-12)23-17(24)6-5-14-11-26-19(22-14)13-7-9-20-10-8-13/h2-4,7-11H,5-6H2,1H3,(H,23,24). The molecule has 0 aliphatic carbocycles. The number of pyridine rings is 1. The van der Waals surface area contributed by atoms with Crippen molar-refractivity contribution in [3.8, 4) is 10.6 Å². The van der Waals surface area contributed by atoms with Gasteiger partial charge in [-0.2, -0.15) is 0 Å². The first-order chi connectivity index (χ1) is 12.7. The maximum absolute atomic E-state index is 12.3. The quantitative estimate of drug-likeness (QED) is 0.573. The predicted octanol–water partition coefficient (Wildman–Crippen LogP) is 4.23. The summed E-state index contributed by atoms with van der Waals surface area (Å²) in [6.45, 7) is 1.79. The second kappa shape index (κ2) is 7.05. The summed E-state index contributed by atoms with van der Waals surface area (Å²) in [4.78, 5) is 25.2. The van der Waals surface area contributed by atoms with Crippen LogP contribution in [0.4, 0.5) is 5.69 Å². The SMILES string of the molecule is Cc1nc2cccc(NC(=O)CCc3csc(-c4ccncc4)n3)c2o1. The molecule has 130 valence electrons. The molecule has 0 unspecified atom stereocenters. The molecule has 3 aromatic heterocycles. The van der Waals surface area contributed by atoms with Crippen molar-refractivity contribution in [1.29, 1.82) is 0 Å². The molecule has 0 spiro atoms. The number of para-hydroxylation sites is 1. The van der Waals surface area contributed by atoms with E-state index in [2.05, 4.69) is 20.3 Å². The molecule has 0 saturated carbocycles. The van der Waals surface area contributed by atoms with Crippen LogP contribution < -0.4 is 5.32 Å². The van der Waals surface area contributed by atoms with Gasteiger partial charge >= 0.3 is 0 Å². The van der Waals surface area contributed by atoms with Gasteiger partial charge in [0.1, 0.15) is 10.5 Å². The molecule has 0 aliphatic rings. The third-order valence-corrected chi connectivity index (χ3v) is 4.82. The Balaban J connectivity index is 1.40. The van der Waals surface area contributed by atoms with Crippen molar-refractivity contribution in [1.82, 2.24) is 15.0 Å². The number of aryl methyl sites for hydroxylation is 2. The highest BCUT2D eigenvalue weighted by Gasteiger charge is 2.12. The third-order valence-electron chi connectivity index (χ3n) is 3.88. The lowest BCUT2D eigenvalue weighted by Crippen LogP contribution is -2.12. The van der Waals surface area contributed by atoms with Crippen LogP contribution in [0.3, 0.4) is 0 Å². The van der Waals surface area contributed by atoms with Crippen LogP contribution in [-0.2, 0) is 11.2 Å². The first-order valence-corrected chi connectivity index (χ1v) is 9.08. The number of thiazole rings is 1. The topological polar surface area (TPSA) is 80.9 Å². The Morgan fingerprint density at radius 2 is 2.04 bits per heavy atom. The van der Waals surface area contributed by atoms with Crippen molar-refractivity contribution in [3.63, 3.8) is 0 Å². The van der Waals surface area contributed by atoms with Crippen molar-refractivity contribution >= 4 is 34.0 Å². The molecule has 0 atom stereocenters. The highest BCUT2D eigenvalue weighted by Crippen LogP contribution is 2.25. The number of rotatable bonds is 5. The van der Waals surface area contributed by atoms with Crippen LogP contribution in [0.15, 0.2) is 52.5 Å². The Hall–Kier alpha value is -3.06. The van der Waals surface area contributed by atoms with Crippen molar-refractivity contribution in [3.05, 3.63) is 59.7 Å². The molecule has 4 rings (SSSR count). The van der Waals surface area contributed by atoms with E-state index in [4.69, 9.17) is 4.42 Å². The van der Waals surface area contributed by atoms with E-state index in [1.54, 1.807) is 30.7 Å². The highest BCUT2D eigenvalue weighted by molar-refractivity contribution is 7.13. The summed E-state index contributed by atoms with van der Waals surface area (Å²) in [5.41, 5.74) is 3.93. The van der Waals surface area contributed by atoms with Crippen molar-refractivity contribution < 1.29 is 9.21 Å². The van der Waals surface area contributed by atoms with Gasteiger partial charge < -0.3 is 9.73 Å². The van der Waals surface area contributed by atoms with Gasteiger partial charge in [-0.15, -0.1) is 11.3 Å². The second-order valence-corrected chi connectivity index (χ2v) is 6.67. The van der Waals surface area contributed by atoms with Gasteiger partial charge in [0.25, 0.3) is 0 Å². The fourth-order valence-electron chi connectivity index (χ4n) is 2.66. The summed E-state index contributed by atoms with van der Waals surface area (Å²) < 4.78 is 5.57. The highest BCUT2D eigenvalue weighted by atomic mass is 32.1. The van der Waals surface area contributed by atoms with E-state index in [1.807, 2.05) is 35.7 Å². The average molecular weight is 364 g/mol.